The van der Waals surface area contributed by atoms with Crippen LogP contribution in [0.25, 0.3) is 0 Å². The Morgan fingerprint density at radius 3 is 2.64 bits per heavy atom. The maximum absolute atomic E-state index is 12.9. The number of carbonyl (C=O) groups excluding carboxylic acids is 1. The van der Waals surface area contributed by atoms with Crippen LogP contribution in [0, 0.1) is 11.8 Å². The van der Waals surface area contributed by atoms with E-state index < -0.39 is 0 Å². The normalized spacial score (nSPS) is 27.0. The standard InChI is InChI=1S/C19H29N5O/c1-2-20-19-21-8-16(9-22-19)18(25)24-12-15-6-7-17(13-24)23(11-15)10-14-4-3-5-14/h8-9,14-15,17H,2-7,10-13H2,1H3,(H,20,21,22)/t15-,17-/m1/s1. The van der Waals surface area contributed by atoms with Crippen LogP contribution < -0.4 is 5.32 Å². The number of aromatic nitrogens is 2. The molecular weight excluding hydrogens is 314 g/mol. The van der Waals surface area contributed by atoms with Crippen molar-refractivity contribution >= 4 is 11.9 Å². The monoisotopic (exact) mass is 343 g/mol. The fraction of sp³-hybridized carbons (Fsp3) is 0.737. The first kappa shape index (κ1) is 16.8. The number of nitrogens with zero attached hydrogens (tertiary/aromatic N) is 4. The first-order valence-corrected chi connectivity index (χ1v) is 9.82. The molecule has 136 valence electrons. The third kappa shape index (κ3) is 3.64. The Morgan fingerprint density at radius 1 is 1.16 bits per heavy atom. The van der Waals surface area contributed by atoms with Crippen molar-refractivity contribution in [3.05, 3.63) is 18.0 Å². The highest BCUT2D eigenvalue weighted by Crippen LogP contribution is 2.33. The fourth-order valence-corrected chi connectivity index (χ4v) is 4.45. The van der Waals surface area contributed by atoms with Gasteiger partial charge in [-0.1, -0.05) is 6.42 Å². The van der Waals surface area contributed by atoms with E-state index in [1.165, 1.54) is 45.2 Å². The minimum Gasteiger partial charge on any atom is -0.355 e. The molecule has 1 aliphatic carbocycles. The van der Waals surface area contributed by atoms with Gasteiger partial charge in [-0.2, -0.15) is 0 Å². The van der Waals surface area contributed by atoms with Crippen LogP contribution in [0.5, 0.6) is 0 Å². The molecule has 4 fully saturated rings. The maximum Gasteiger partial charge on any atom is 0.257 e. The largest absolute Gasteiger partial charge is 0.355 e. The quantitative estimate of drug-likeness (QED) is 0.888. The third-order valence-electron chi connectivity index (χ3n) is 6.07. The van der Waals surface area contributed by atoms with Crippen LogP contribution >= 0.6 is 0 Å². The van der Waals surface area contributed by atoms with Gasteiger partial charge in [-0.15, -0.1) is 0 Å². The Morgan fingerprint density at radius 2 is 1.96 bits per heavy atom. The van der Waals surface area contributed by atoms with Gasteiger partial charge in [-0.25, -0.2) is 9.97 Å². The van der Waals surface area contributed by atoms with E-state index in [1.54, 1.807) is 12.4 Å². The molecule has 0 spiro atoms. The van der Waals surface area contributed by atoms with E-state index in [2.05, 4.69) is 25.1 Å². The predicted molar refractivity (Wildman–Crippen MR) is 97.5 cm³/mol. The Labute approximate surface area is 150 Å². The minimum atomic E-state index is 0.0884. The van der Waals surface area contributed by atoms with Gasteiger partial charge in [0.25, 0.3) is 5.91 Å². The Kier molecular flexibility index (Phi) is 4.88. The first-order valence-electron chi connectivity index (χ1n) is 9.82. The summed E-state index contributed by atoms with van der Waals surface area (Å²) in [4.78, 5) is 26.2. The average molecular weight is 343 g/mol. The number of hydrogen-bond donors (Lipinski definition) is 1. The highest BCUT2D eigenvalue weighted by molar-refractivity contribution is 5.93. The molecule has 2 bridgehead atoms. The topological polar surface area (TPSA) is 61.4 Å². The molecule has 0 unspecified atom stereocenters. The summed E-state index contributed by atoms with van der Waals surface area (Å²) in [7, 11) is 0. The van der Waals surface area contributed by atoms with Gasteiger partial charge >= 0.3 is 0 Å². The van der Waals surface area contributed by atoms with Gasteiger partial charge in [-0.05, 0) is 44.4 Å². The van der Waals surface area contributed by atoms with Crippen LogP contribution in [0.15, 0.2) is 12.4 Å². The number of fused-ring (bicyclic) bond motifs is 4. The zero-order chi connectivity index (χ0) is 17.2. The molecule has 1 aromatic heterocycles. The van der Waals surface area contributed by atoms with Crippen molar-refractivity contribution in [2.24, 2.45) is 11.8 Å². The predicted octanol–water partition coefficient (Wildman–Crippen LogP) is 2.24. The van der Waals surface area contributed by atoms with Crippen molar-refractivity contribution in [1.82, 2.24) is 19.8 Å². The van der Waals surface area contributed by atoms with Gasteiger partial charge in [0.1, 0.15) is 0 Å². The lowest BCUT2D eigenvalue weighted by Gasteiger charge is -2.40. The number of nitrogens with one attached hydrogen (secondary N) is 1. The molecule has 3 aliphatic heterocycles. The Hall–Kier alpha value is -1.69. The lowest BCUT2D eigenvalue weighted by atomic mass is 9.83. The van der Waals surface area contributed by atoms with E-state index in [-0.39, 0.29) is 5.91 Å². The van der Waals surface area contributed by atoms with Gasteiger partial charge in [0, 0.05) is 51.2 Å². The molecule has 1 N–H and O–H groups in total. The van der Waals surface area contributed by atoms with Crippen LogP contribution in [-0.2, 0) is 0 Å². The SMILES string of the molecule is CCNc1ncc(C(=O)N2C[C@@H]3CC[C@H](C2)N(CC2CCC2)C3)cn1. The summed E-state index contributed by atoms with van der Waals surface area (Å²) in [5.74, 6) is 2.19. The number of rotatable bonds is 5. The number of anilines is 1. The summed E-state index contributed by atoms with van der Waals surface area (Å²) in [6, 6.07) is 0.533. The average Bonchev–Trinajstić information content (AvgIpc) is 2.90. The summed E-state index contributed by atoms with van der Waals surface area (Å²) in [5, 5.41) is 3.07. The van der Waals surface area contributed by atoms with Crippen LogP contribution in [0.4, 0.5) is 5.95 Å². The molecule has 0 aromatic carbocycles. The molecule has 1 aromatic rings. The van der Waals surface area contributed by atoms with Crippen molar-refractivity contribution in [3.8, 4) is 0 Å². The second-order valence-corrected chi connectivity index (χ2v) is 7.88. The molecule has 0 radical (unpaired) electrons. The molecule has 6 nitrogen and oxygen atoms in total. The summed E-state index contributed by atoms with van der Waals surface area (Å²) in [5.41, 5.74) is 0.605. The highest BCUT2D eigenvalue weighted by atomic mass is 16.2. The van der Waals surface area contributed by atoms with Gasteiger partial charge in [0.05, 0.1) is 5.56 Å². The Balaban J connectivity index is 1.43. The van der Waals surface area contributed by atoms with E-state index in [9.17, 15) is 4.79 Å². The Bertz CT molecular complexity index is 600. The van der Waals surface area contributed by atoms with Crippen molar-refractivity contribution in [3.63, 3.8) is 0 Å². The van der Waals surface area contributed by atoms with Crippen molar-refractivity contribution < 1.29 is 4.79 Å². The van der Waals surface area contributed by atoms with Crippen LogP contribution in [-0.4, -0.2) is 64.4 Å². The molecule has 4 aliphatic rings. The first-order chi connectivity index (χ1) is 12.2. The van der Waals surface area contributed by atoms with E-state index in [0.717, 1.165) is 25.6 Å². The molecule has 4 heterocycles. The minimum absolute atomic E-state index is 0.0884. The third-order valence-corrected chi connectivity index (χ3v) is 6.07. The second kappa shape index (κ2) is 7.28. The molecule has 1 saturated carbocycles. The molecule has 2 atom stereocenters. The number of carbonyl (C=O) groups is 1. The lowest BCUT2D eigenvalue weighted by molar-refractivity contribution is 0.0716. The van der Waals surface area contributed by atoms with Gasteiger partial charge in [0.2, 0.25) is 5.95 Å². The number of hydrogen-bond acceptors (Lipinski definition) is 5. The molecule has 6 heteroatoms. The van der Waals surface area contributed by atoms with E-state index in [0.29, 0.717) is 23.5 Å². The molecule has 5 rings (SSSR count). The molecule has 3 saturated heterocycles. The smallest absolute Gasteiger partial charge is 0.257 e. The zero-order valence-electron chi connectivity index (χ0n) is 15.2. The molecule has 25 heavy (non-hydrogen) atoms. The maximum atomic E-state index is 12.9. The van der Waals surface area contributed by atoms with Crippen LogP contribution in [0.3, 0.4) is 0 Å². The van der Waals surface area contributed by atoms with E-state index in [1.807, 2.05) is 6.92 Å². The number of piperidine rings is 1. The van der Waals surface area contributed by atoms with E-state index in [4.69, 9.17) is 0 Å². The highest BCUT2D eigenvalue weighted by Gasteiger charge is 2.38. The summed E-state index contributed by atoms with van der Waals surface area (Å²) in [6.07, 6.45) is 10.00. The molecule has 1 amide bonds. The van der Waals surface area contributed by atoms with Gasteiger partial charge in [-0.3, -0.25) is 9.69 Å². The summed E-state index contributed by atoms with van der Waals surface area (Å²) < 4.78 is 0. The van der Waals surface area contributed by atoms with Gasteiger partial charge < -0.3 is 10.2 Å². The lowest BCUT2D eigenvalue weighted by Crippen LogP contribution is -2.47. The zero-order valence-corrected chi connectivity index (χ0v) is 15.2. The molecular formula is C19H29N5O. The van der Waals surface area contributed by atoms with E-state index >= 15 is 0 Å². The fourth-order valence-electron chi connectivity index (χ4n) is 4.45. The second-order valence-electron chi connectivity index (χ2n) is 7.88. The van der Waals surface area contributed by atoms with Crippen molar-refractivity contribution in [2.75, 3.05) is 38.0 Å². The van der Waals surface area contributed by atoms with Crippen LogP contribution in [0.1, 0.15) is 49.4 Å². The van der Waals surface area contributed by atoms with Gasteiger partial charge in [0.15, 0.2) is 0 Å². The number of amides is 1. The van der Waals surface area contributed by atoms with Crippen molar-refractivity contribution in [1.29, 1.82) is 0 Å². The summed E-state index contributed by atoms with van der Waals surface area (Å²) >= 11 is 0. The van der Waals surface area contributed by atoms with Crippen LogP contribution in [0.2, 0.25) is 0 Å². The summed E-state index contributed by atoms with van der Waals surface area (Å²) in [6.45, 7) is 6.93. The van der Waals surface area contributed by atoms with Crippen molar-refractivity contribution in [2.45, 2.75) is 45.1 Å².